The van der Waals surface area contributed by atoms with E-state index in [9.17, 15) is 0 Å². The zero-order valence-electron chi connectivity index (χ0n) is 18.8. The molecule has 3 aromatic rings. The van der Waals surface area contributed by atoms with Crippen LogP contribution < -0.4 is 9.47 Å². The van der Waals surface area contributed by atoms with Crippen LogP contribution >= 0.6 is 0 Å². The maximum Gasteiger partial charge on any atom is 0.199 e. The molecule has 0 bridgehead atoms. The van der Waals surface area contributed by atoms with Crippen LogP contribution in [-0.4, -0.2) is 42.0 Å². The van der Waals surface area contributed by atoms with Crippen LogP contribution in [0.25, 0.3) is 10.9 Å². The van der Waals surface area contributed by atoms with E-state index in [-0.39, 0.29) is 12.4 Å². The molecule has 1 aromatic heterocycles. The molecule has 2 saturated heterocycles. The molecule has 3 heterocycles. The van der Waals surface area contributed by atoms with Gasteiger partial charge in [0.15, 0.2) is 6.29 Å². The number of hydrogen-bond acceptors (Lipinski definition) is 5. The number of hydrogen-bond donors (Lipinski definition) is 0. The zero-order valence-corrected chi connectivity index (χ0v) is 18.8. The van der Waals surface area contributed by atoms with Gasteiger partial charge >= 0.3 is 0 Å². The maximum absolute atomic E-state index is 6.54. The van der Waals surface area contributed by atoms with E-state index in [1.807, 2.05) is 19.1 Å². The Bertz CT molecular complexity index is 1030. The molecule has 0 amide bonds. The summed E-state index contributed by atoms with van der Waals surface area (Å²) in [5.41, 5.74) is 3.29. The van der Waals surface area contributed by atoms with Crippen LogP contribution in [0.5, 0.6) is 11.5 Å². The summed E-state index contributed by atoms with van der Waals surface area (Å²) in [6.45, 7) is 5.91. The fourth-order valence-electron chi connectivity index (χ4n) is 4.63. The normalized spacial score (nSPS) is 20.3. The van der Waals surface area contributed by atoms with E-state index in [1.165, 1.54) is 5.56 Å². The highest BCUT2D eigenvalue weighted by molar-refractivity contribution is 5.86. The molecule has 1 unspecified atom stereocenters. The van der Waals surface area contributed by atoms with Crippen molar-refractivity contribution in [3.05, 3.63) is 65.9 Å². The van der Waals surface area contributed by atoms with E-state index in [4.69, 9.17) is 19.2 Å². The third-order valence-corrected chi connectivity index (χ3v) is 6.35. The average Bonchev–Trinajstić information content (AvgIpc) is 2.82. The molecule has 0 aliphatic carbocycles. The number of nitrogens with zero attached hydrogens (tertiary/aromatic N) is 2. The standard InChI is InChI=1S/C27H32N2O3/c1-20-17-26(31-22-12-14-29(15-13-22)19-21-7-3-2-4-8-21)24-18-23(10-11-25(24)28-20)32-27-9-5-6-16-30-27/h2-4,7-8,10-11,17-18,22,27H,5-6,9,12-16,19H2,1H3. The number of likely N-dealkylation sites (tertiary alicyclic amines) is 1. The molecule has 5 rings (SSSR count). The number of aryl methyl sites for hydroxylation is 1. The van der Waals surface area contributed by atoms with Gasteiger partial charge in [-0.3, -0.25) is 9.88 Å². The van der Waals surface area contributed by atoms with Gasteiger partial charge in [0, 0.05) is 43.2 Å². The van der Waals surface area contributed by atoms with Crippen LogP contribution in [0.4, 0.5) is 0 Å². The summed E-state index contributed by atoms with van der Waals surface area (Å²) >= 11 is 0. The number of benzene rings is 2. The summed E-state index contributed by atoms with van der Waals surface area (Å²) in [6, 6.07) is 18.8. The van der Waals surface area contributed by atoms with Gasteiger partial charge in [-0.25, -0.2) is 0 Å². The molecule has 5 nitrogen and oxygen atoms in total. The summed E-state index contributed by atoms with van der Waals surface area (Å²) in [5, 5.41) is 1.01. The fraction of sp³-hybridized carbons (Fsp3) is 0.444. The van der Waals surface area contributed by atoms with Gasteiger partial charge in [0.1, 0.15) is 17.6 Å². The molecule has 2 aromatic carbocycles. The quantitative estimate of drug-likeness (QED) is 0.515. The van der Waals surface area contributed by atoms with Crippen molar-refractivity contribution in [2.24, 2.45) is 0 Å². The molecule has 168 valence electrons. The number of rotatable bonds is 6. The largest absolute Gasteiger partial charge is 0.490 e. The van der Waals surface area contributed by atoms with Gasteiger partial charge in [0.25, 0.3) is 0 Å². The number of aromatic nitrogens is 1. The number of fused-ring (bicyclic) bond motifs is 1. The minimum absolute atomic E-state index is 0.155. The first-order valence-corrected chi connectivity index (χ1v) is 11.9. The Morgan fingerprint density at radius 2 is 1.81 bits per heavy atom. The smallest absolute Gasteiger partial charge is 0.199 e. The first-order chi connectivity index (χ1) is 15.7. The second-order valence-corrected chi connectivity index (χ2v) is 8.93. The average molecular weight is 433 g/mol. The molecule has 2 aliphatic heterocycles. The van der Waals surface area contributed by atoms with Gasteiger partial charge in [0.05, 0.1) is 12.1 Å². The van der Waals surface area contributed by atoms with Crippen molar-refractivity contribution in [2.75, 3.05) is 19.7 Å². The van der Waals surface area contributed by atoms with Crippen LogP contribution in [-0.2, 0) is 11.3 Å². The third-order valence-electron chi connectivity index (χ3n) is 6.35. The van der Waals surface area contributed by atoms with Gasteiger partial charge < -0.3 is 14.2 Å². The summed E-state index contributed by atoms with van der Waals surface area (Å²) < 4.78 is 18.4. The Hall–Kier alpha value is -2.63. The van der Waals surface area contributed by atoms with Crippen molar-refractivity contribution in [1.29, 1.82) is 0 Å². The molecular weight excluding hydrogens is 400 g/mol. The first-order valence-electron chi connectivity index (χ1n) is 11.9. The summed E-state index contributed by atoms with van der Waals surface area (Å²) in [4.78, 5) is 7.22. The Balaban J connectivity index is 1.26. The summed E-state index contributed by atoms with van der Waals surface area (Å²) in [6.07, 6.45) is 5.33. The monoisotopic (exact) mass is 432 g/mol. The Morgan fingerprint density at radius 1 is 0.969 bits per heavy atom. The Kier molecular flexibility index (Phi) is 6.56. The number of ether oxygens (including phenoxy) is 3. The molecule has 2 fully saturated rings. The Labute approximate surface area is 190 Å². The lowest BCUT2D eigenvalue weighted by atomic mass is 10.1. The maximum atomic E-state index is 6.54. The molecule has 2 aliphatic rings. The van der Waals surface area contributed by atoms with Crippen molar-refractivity contribution in [1.82, 2.24) is 9.88 Å². The van der Waals surface area contributed by atoms with E-state index < -0.39 is 0 Å². The van der Waals surface area contributed by atoms with Crippen LogP contribution in [0.2, 0.25) is 0 Å². The summed E-state index contributed by atoms with van der Waals surface area (Å²) in [7, 11) is 0. The third kappa shape index (κ3) is 5.22. The van der Waals surface area contributed by atoms with E-state index in [0.29, 0.717) is 0 Å². The minimum atomic E-state index is -0.155. The van der Waals surface area contributed by atoms with Gasteiger partial charge in [-0.15, -0.1) is 0 Å². The van der Waals surface area contributed by atoms with Crippen LogP contribution in [0.15, 0.2) is 54.6 Å². The van der Waals surface area contributed by atoms with Crippen LogP contribution in [0.3, 0.4) is 0 Å². The van der Waals surface area contributed by atoms with Crippen LogP contribution in [0.1, 0.15) is 43.4 Å². The van der Waals surface area contributed by atoms with Crippen molar-refractivity contribution >= 4 is 10.9 Å². The minimum Gasteiger partial charge on any atom is -0.490 e. The topological polar surface area (TPSA) is 43.8 Å². The Morgan fingerprint density at radius 3 is 2.59 bits per heavy atom. The van der Waals surface area contributed by atoms with Crippen molar-refractivity contribution in [3.63, 3.8) is 0 Å². The van der Waals surface area contributed by atoms with Gasteiger partial charge in [-0.05, 0) is 56.4 Å². The van der Waals surface area contributed by atoms with E-state index in [0.717, 1.165) is 86.4 Å². The second kappa shape index (κ2) is 9.88. The van der Waals surface area contributed by atoms with Gasteiger partial charge in [-0.1, -0.05) is 30.3 Å². The number of pyridine rings is 1. The molecule has 1 atom stereocenters. The van der Waals surface area contributed by atoms with Crippen LogP contribution in [0, 0.1) is 6.92 Å². The predicted octanol–water partition coefficient (Wildman–Crippen LogP) is 5.49. The summed E-state index contributed by atoms with van der Waals surface area (Å²) in [5.74, 6) is 1.72. The predicted molar refractivity (Wildman–Crippen MR) is 126 cm³/mol. The molecule has 0 N–H and O–H groups in total. The van der Waals surface area contributed by atoms with Crippen molar-refractivity contribution < 1.29 is 14.2 Å². The van der Waals surface area contributed by atoms with Crippen molar-refractivity contribution in [2.45, 2.75) is 58.0 Å². The van der Waals surface area contributed by atoms with E-state index in [1.54, 1.807) is 0 Å². The van der Waals surface area contributed by atoms with Gasteiger partial charge in [-0.2, -0.15) is 0 Å². The molecule has 5 heteroatoms. The lowest BCUT2D eigenvalue weighted by Gasteiger charge is -2.32. The lowest BCUT2D eigenvalue weighted by molar-refractivity contribution is -0.105. The molecule has 0 saturated carbocycles. The molecular formula is C27H32N2O3. The second-order valence-electron chi connectivity index (χ2n) is 8.93. The first kappa shape index (κ1) is 21.2. The fourth-order valence-corrected chi connectivity index (χ4v) is 4.63. The van der Waals surface area contributed by atoms with Gasteiger partial charge in [0.2, 0.25) is 0 Å². The highest BCUT2D eigenvalue weighted by atomic mass is 16.7. The molecule has 0 radical (unpaired) electrons. The molecule has 32 heavy (non-hydrogen) atoms. The lowest BCUT2D eigenvalue weighted by Crippen LogP contribution is -2.37. The highest BCUT2D eigenvalue weighted by Crippen LogP contribution is 2.32. The van der Waals surface area contributed by atoms with E-state index in [2.05, 4.69) is 47.4 Å². The van der Waals surface area contributed by atoms with Crippen molar-refractivity contribution in [3.8, 4) is 11.5 Å². The highest BCUT2D eigenvalue weighted by Gasteiger charge is 2.22. The SMILES string of the molecule is Cc1cc(OC2CCN(Cc3ccccc3)CC2)c2cc(OC3CCCCO3)ccc2n1. The van der Waals surface area contributed by atoms with E-state index >= 15 is 0 Å². The zero-order chi connectivity index (χ0) is 21.8. The number of piperidine rings is 1. The molecule has 0 spiro atoms.